The van der Waals surface area contributed by atoms with Gasteiger partial charge in [-0.05, 0) is 6.07 Å². The molecule has 1 saturated heterocycles. The largest absolute Gasteiger partial charge is 0.465 e. The van der Waals surface area contributed by atoms with Gasteiger partial charge in [-0.3, -0.25) is 0 Å². The van der Waals surface area contributed by atoms with Crippen LogP contribution in [0.5, 0.6) is 0 Å². The fourth-order valence-corrected chi connectivity index (χ4v) is 3.24. The van der Waals surface area contributed by atoms with E-state index >= 15 is 0 Å². The summed E-state index contributed by atoms with van der Waals surface area (Å²) in [5.41, 5.74) is 1.16. The van der Waals surface area contributed by atoms with E-state index in [4.69, 9.17) is 4.74 Å². The van der Waals surface area contributed by atoms with Crippen molar-refractivity contribution in [2.24, 2.45) is 0 Å². The van der Waals surface area contributed by atoms with Crippen LogP contribution >= 0.6 is 0 Å². The van der Waals surface area contributed by atoms with Crippen LogP contribution in [0.4, 0.5) is 11.4 Å². The number of carbonyl (C=O) groups is 1. The molecule has 22 heavy (non-hydrogen) atoms. The van der Waals surface area contributed by atoms with Crippen molar-refractivity contribution >= 4 is 27.4 Å². The predicted molar refractivity (Wildman–Crippen MR) is 80.4 cm³/mol. The molecule has 8 nitrogen and oxygen atoms in total. The molecular formula is C13H18N3O5S+. The molecule has 2 rings (SSSR count). The van der Waals surface area contributed by atoms with Crippen LogP contribution in [0.3, 0.4) is 0 Å². The Hall–Kier alpha value is -2.00. The van der Waals surface area contributed by atoms with Crippen molar-refractivity contribution in [2.75, 3.05) is 44.4 Å². The zero-order valence-corrected chi connectivity index (χ0v) is 13.2. The minimum absolute atomic E-state index is 0.263. The molecule has 1 N–H and O–H groups in total. The van der Waals surface area contributed by atoms with Crippen molar-refractivity contribution in [1.29, 1.82) is 0 Å². The van der Waals surface area contributed by atoms with Crippen LogP contribution in [-0.4, -0.2) is 58.2 Å². The van der Waals surface area contributed by atoms with Gasteiger partial charge in [0.05, 0.1) is 24.6 Å². The maximum Gasteiger partial charge on any atom is 0.340 e. The van der Waals surface area contributed by atoms with Crippen LogP contribution in [-0.2, 0) is 14.8 Å². The van der Waals surface area contributed by atoms with Gasteiger partial charge in [0.15, 0.2) is 0 Å². The van der Waals surface area contributed by atoms with E-state index in [1.807, 2.05) is 4.90 Å². The Kier molecular flexibility index (Phi) is 4.77. The van der Waals surface area contributed by atoms with Crippen molar-refractivity contribution in [1.82, 2.24) is 4.31 Å². The number of benzene rings is 1. The molecule has 1 aromatic rings. The third kappa shape index (κ3) is 3.42. The lowest BCUT2D eigenvalue weighted by molar-refractivity contribution is -0.379. The molecule has 0 saturated carbocycles. The summed E-state index contributed by atoms with van der Waals surface area (Å²) in [4.78, 5) is 24.5. The number of ether oxygens (including phenoxy) is 1. The summed E-state index contributed by atoms with van der Waals surface area (Å²) < 4.78 is 29.2. The summed E-state index contributed by atoms with van der Waals surface area (Å²) >= 11 is 0. The normalized spacial score (nSPS) is 16.4. The van der Waals surface area contributed by atoms with Gasteiger partial charge in [-0.2, -0.15) is 4.31 Å². The van der Waals surface area contributed by atoms with Gasteiger partial charge in [-0.15, -0.1) is 0 Å². The molecule has 0 amide bonds. The zero-order chi connectivity index (χ0) is 16.3. The molecule has 9 heteroatoms. The Morgan fingerprint density at radius 1 is 1.23 bits per heavy atom. The second-order valence-corrected chi connectivity index (χ2v) is 6.96. The molecule has 0 radical (unpaired) electrons. The standard InChI is InChI=1S/C13H17N3O5S/c1-21-13(17)11-9-10(14-18)3-4-12(11)15-5-7-16(8-6-15)22(2,19)20/h3-4,9H,5-8H2,1-2H3/p+1. The monoisotopic (exact) mass is 328 g/mol. The number of anilines is 1. The number of rotatable bonds is 4. The van der Waals surface area contributed by atoms with Gasteiger partial charge < -0.3 is 9.64 Å². The van der Waals surface area contributed by atoms with E-state index in [1.54, 1.807) is 17.3 Å². The van der Waals surface area contributed by atoms with E-state index in [0.29, 0.717) is 31.9 Å². The molecule has 0 aromatic heterocycles. The summed E-state index contributed by atoms with van der Waals surface area (Å²) in [6, 6.07) is 4.65. The number of nitrogens with one attached hydrogen (secondary N) is 1. The van der Waals surface area contributed by atoms with Gasteiger partial charge in [-0.1, -0.05) is 0 Å². The lowest BCUT2D eigenvalue weighted by Crippen LogP contribution is -2.55. The number of esters is 1. The topological polar surface area (TPSA) is 98.0 Å². The van der Waals surface area contributed by atoms with E-state index in [9.17, 15) is 18.1 Å². The van der Waals surface area contributed by atoms with Crippen molar-refractivity contribution in [2.45, 2.75) is 0 Å². The molecule has 1 aliphatic rings. The molecule has 1 heterocycles. The number of sulfonamides is 1. The number of hydrogen-bond donors (Lipinski definition) is 1. The highest BCUT2D eigenvalue weighted by Gasteiger charge is 2.26. The van der Waals surface area contributed by atoms with Crippen molar-refractivity contribution < 1.29 is 23.1 Å². The van der Waals surface area contributed by atoms with Crippen LogP contribution in [0, 0.1) is 4.91 Å². The Bertz CT molecular complexity index is 681. The molecule has 1 aliphatic heterocycles. The first kappa shape index (κ1) is 16.4. The highest BCUT2D eigenvalue weighted by atomic mass is 32.2. The van der Waals surface area contributed by atoms with Crippen molar-refractivity contribution in [3.05, 3.63) is 28.7 Å². The SMILES string of the molecule is COC(=O)c1cc([NH+]=O)ccc1N1CCN(S(C)(=O)=O)CC1. The van der Waals surface area contributed by atoms with E-state index in [-0.39, 0.29) is 11.3 Å². The summed E-state index contributed by atoms with van der Waals surface area (Å²) in [5.74, 6) is -0.544. The third-order valence-electron chi connectivity index (χ3n) is 3.57. The molecule has 0 aliphatic carbocycles. The Labute approximate surface area is 128 Å². The van der Waals surface area contributed by atoms with Crippen molar-refractivity contribution in [3.8, 4) is 0 Å². The quantitative estimate of drug-likeness (QED) is 0.715. The molecule has 0 bridgehead atoms. The molecular weight excluding hydrogens is 310 g/mol. The molecule has 120 valence electrons. The highest BCUT2D eigenvalue weighted by Crippen LogP contribution is 2.25. The predicted octanol–water partition coefficient (Wildman–Crippen LogP) is -0.967. The maximum absolute atomic E-state index is 11.9. The molecule has 1 aromatic carbocycles. The van der Waals surface area contributed by atoms with Crippen LogP contribution < -0.4 is 10.1 Å². The van der Waals surface area contributed by atoms with Crippen LogP contribution in [0.25, 0.3) is 0 Å². The zero-order valence-electron chi connectivity index (χ0n) is 12.4. The molecule has 1 fully saturated rings. The van der Waals surface area contributed by atoms with Crippen LogP contribution in [0.15, 0.2) is 18.2 Å². The smallest absolute Gasteiger partial charge is 0.340 e. The maximum atomic E-state index is 11.9. The van der Waals surface area contributed by atoms with Gasteiger partial charge in [0.1, 0.15) is 0 Å². The van der Waals surface area contributed by atoms with Gasteiger partial charge >= 0.3 is 5.97 Å². The Morgan fingerprint density at radius 3 is 2.36 bits per heavy atom. The second kappa shape index (κ2) is 6.41. The number of methoxy groups -OCH3 is 1. The minimum Gasteiger partial charge on any atom is -0.465 e. The van der Waals surface area contributed by atoms with Crippen LogP contribution in [0.2, 0.25) is 0 Å². The lowest BCUT2D eigenvalue weighted by Gasteiger charge is -2.35. The average Bonchev–Trinajstić information content (AvgIpc) is 2.52. The number of piperazine rings is 1. The number of nitrogens with zero attached hydrogens (tertiary/aromatic N) is 2. The van der Waals surface area contributed by atoms with Crippen molar-refractivity contribution in [3.63, 3.8) is 0 Å². The highest BCUT2D eigenvalue weighted by molar-refractivity contribution is 7.88. The third-order valence-corrected chi connectivity index (χ3v) is 4.87. The van der Waals surface area contributed by atoms with Gasteiger partial charge in [-0.25, -0.2) is 13.2 Å². The first-order valence-corrected chi connectivity index (χ1v) is 8.52. The van der Waals surface area contributed by atoms with Gasteiger partial charge in [0.25, 0.3) is 5.69 Å². The fourth-order valence-electron chi connectivity index (χ4n) is 2.41. The summed E-state index contributed by atoms with van der Waals surface area (Å²) in [7, 11) is -1.94. The lowest BCUT2D eigenvalue weighted by atomic mass is 10.1. The molecule has 0 atom stereocenters. The summed E-state index contributed by atoms with van der Waals surface area (Å²) in [6.45, 7) is 1.62. The number of hydrogen-bond acceptors (Lipinski definition) is 6. The van der Waals surface area contributed by atoms with E-state index in [0.717, 1.165) is 0 Å². The Morgan fingerprint density at radius 2 is 1.86 bits per heavy atom. The van der Waals surface area contributed by atoms with Crippen LogP contribution in [0.1, 0.15) is 10.4 Å². The summed E-state index contributed by atoms with van der Waals surface area (Å²) in [5, 5.41) is 1.74. The number of carbonyl (C=O) groups excluding carboxylic acids is 1. The molecule has 0 spiro atoms. The fraction of sp³-hybridized carbons (Fsp3) is 0.462. The minimum atomic E-state index is -3.21. The second-order valence-electron chi connectivity index (χ2n) is 4.97. The Balaban J connectivity index is 2.26. The summed E-state index contributed by atoms with van der Waals surface area (Å²) in [6.07, 6.45) is 1.18. The average molecular weight is 328 g/mol. The van der Waals surface area contributed by atoms with E-state index < -0.39 is 16.0 Å². The molecule has 0 unspecified atom stereocenters. The number of nitroso groups, excluding NO2 is 1. The first-order chi connectivity index (χ1) is 10.4. The van der Waals surface area contributed by atoms with Gasteiger partial charge in [0, 0.05) is 48.4 Å². The van der Waals surface area contributed by atoms with E-state index in [1.165, 1.54) is 23.7 Å². The van der Waals surface area contributed by atoms with E-state index in [2.05, 4.69) is 0 Å². The van der Waals surface area contributed by atoms with Gasteiger partial charge in [0.2, 0.25) is 10.0 Å². The first-order valence-electron chi connectivity index (χ1n) is 6.67.